The fraction of sp³-hybridized carbons (Fsp3) is 0.862. The molecule has 1 aliphatic heterocycles. The van der Waals surface area contributed by atoms with Crippen LogP contribution in [0.3, 0.4) is 0 Å². The van der Waals surface area contributed by atoms with Crippen molar-refractivity contribution in [1.82, 2.24) is 0 Å². The Morgan fingerprint density at radius 1 is 0.941 bits per heavy atom. The number of hydrogen-bond donors (Lipinski definition) is 0. The van der Waals surface area contributed by atoms with Crippen LogP contribution in [0.25, 0.3) is 0 Å². The van der Waals surface area contributed by atoms with E-state index in [4.69, 9.17) is 13.6 Å². The summed E-state index contributed by atoms with van der Waals surface area (Å²) in [6.07, 6.45) is 11.8. The van der Waals surface area contributed by atoms with E-state index in [1.165, 1.54) is 25.7 Å². The molecule has 0 spiro atoms. The van der Waals surface area contributed by atoms with E-state index in [0.717, 1.165) is 19.4 Å². The monoisotopic (exact) mass is 506 g/mol. The lowest BCUT2D eigenvalue weighted by atomic mass is 10.1. The van der Waals surface area contributed by atoms with Crippen LogP contribution in [-0.2, 0) is 13.6 Å². The molecule has 0 bridgehead atoms. The highest BCUT2D eigenvalue weighted by Crippen LogP contribution is 2.53. The van der Waals surface area contributed by atoms with Crippen molar-refractivity contribution in [3.8, 4) is 11.8 Å². The van der Waals surface area contributed by atoms with Gasteiger partial charge in [-0.2, -0.15) is 0 Å². The van der Waals surface area contributed by atoms with E-state index in [1.807, 2.05) is 0 Å². The second kappa shape index (κ2) is 11.8. The fourth-order valence-electron chi connectivity index (χ4n) is 3.88. The third-order valence-electron chi connectivity index (χ3n) is 8.52. The molecule has 3 nitrogen and oxygen atoms in total. The second-order valence-corrected chi connectivity index (χ2v) is 23.1. The molecule has 5 atom stereocenters. The van der Waals surface area contributed by atoms with Crippen molar-refractivity contribution < 1.29 is 13.6 Å². The van der Waals surface area contributed by atoms with Gasteiger partial charge in [0, 0.05) is 12.8 Å². The van der Waals surface area contributed by atoms with Crippen LogP contribution >= 0.6 is 0 Å². The van der Waals surface area contributed by atoms with Gasteiger partial charge in [0.2, 0.25) is 0 Å². The predicted octanol–water partition coefficient (Wildman–Crippen LogP) is 8.33. The van der Waals surface area contributed by atoms with Crippen LogP contribution in [0.5, 0.6) is 0 Å². The molecule has 2 rings (SSSR count). The molecule has 0 radical (unpaired) electrons. The van der Waals surface area contributed by atoms with Crippen molar-refractivity contribution in [1.29, 1.82) is 0 Å². The summed E-state index contributed by atoms with van der Waals surface area (Å²) in [5.74, 6) is 7.86. The summed E-state index contributed by atoms with van der Waals surface area (Å²) in [4.78, 5) is 0. The van der Waals surface area contributed by atoms with Gasteiger partial charge in [0.25, 0.3) is 0 Å². The van der Waals surface area contributed by atoms with E-state index < -0.39 is 16.6 Å². The van der Waals surface area contributed by atoms with Crippen LogP contribution in [0.2, 0.25) is 36.3 Å². The van der Waals surface area contributed by atoms with Gasteiger partial charge in [-0.05, 0) is 60.9 Å². The fourth-order valence-corrected chi connectivity index (χ4v) is 6.47. The van der Waals surface area contributed by atoms with Gasteiger partial charge in [-0.15, -0.1) is 5.92 Å². The van der Waals surface area contributed by atoms with Gasteiger partial charge >= 0.3 is 0 Å². The quantitative estimate of drug-likeness (QED) is 0.0876. The molecule has 1 saturated carbocycles. The zero-order valence-electron chi connectivity index (χ0n) is 24.2. The summed E-state index contributed by atoms with van der Waals surface area (Å²) in [5.41, 5.74) is 0. The third-order valence-corrected chi connectivity index (χ3v) is 17.5. The minimum atomic E-state index is -1.98. The maximum Gasteiger partial charge on any atom is 0.193 e. The molecular weight excluding hydrogens is 452 g/mol. The average Bonchev–Trinajstić information content (AvgIpc) is 3.58. The van der Waals surface area contributed by atoms with E-state index in [9.17, 15) is 0 Å². The lowest BCUT2D eigenvalue weighted by Gasteiger charge is -2.45. The van der Waals surface area contributed by atoms with Gasteiger partial charge in [-0.3, -0.25) is 0 Å². The van der Waals surface area contributed by atoms with Crippen LogP contribution in [-0.4, -0.2) is 41.6 Å². The van der Waals surface area contributed by atoms with Crippen LogP contribution in [0, 0.1) is 23.7 Å². The van der Waals surface area contributed by atoms with E-state index in [0.29, 0.717) is 17.9 Å². The first kappa shape index (κ1) is 29.8. The highest BCUT2D eigenvalue weighted by Gasteiger charge is 2.56. The SMILES string of the molecule is CCCCCC#CC/C=C/[C@@H](O[Si](C)(C)C(C)(C)C)[C@H](O[Si](C)(C)C(C)(C)C)[C@@H]1C[C@H]1[C@H]1CO1. The first-order chi connectivity index (χ1) is 15.6. The van der Waals surface area contributed by atoms with Gasteiger partial charge in [0.1, 0.15) is 0 Å². The lowest BCUT2D eigenvalue weighted by Crippen LogP contribution is -2.52. The summed E-state index contributed by atoms with van der Waals surface area (Å²) in [6, 6.07) is 0. The van der Waals surface area contributed by atoms with Gasteiger partial charge in [0.05, 0.1) is 24.9 Å². The molecule has 1 heterocycles. The van der Waals surface area contributed by atoms with E-state index in [-0.39, 0.29) is 22.3 Å². The summed E-state index contributed by atoms with van der Waals surface area (Å²) < 4.78 is 19.9. The largest absolute Gasteiger partial charge is 0.411 e. The normalized spacial score (nSPS) is 25.1. The minimum absolute atomic E-state index is 0.0225. The standard InChI is InChI=1S/C29H54O3Si2/c1-12-13-14-15-16-17-18-19-20-25(31-33(8,9)28(2,3)4)27(24-21-23(24)26-22-30-26)32-34(10,11)29(5,6)7/h19-20,23-27H,12-15,18,21-22H2,1-11H3/b20-19+/t23-,24-,25-,26-,27-/m1/s1. The predicted molar refractivity (Wildman–Crippen MR) is 151 cm³/mol. The van der Waals surface area contributed by atoms with Crippen molar-refractivity contribution in [2.75, 3.05) is 6.61 Å². The molecular formula is C29H54O3Si2. The van der Waals surface area contributed by atoms with Gasteiger partial charge < -0.3 is 13.6 Å². The van der Waals surface area contributed by atoms with E-state index in [1.54, 1.807) is 0 Å². The van der Waals surface area contributed by atoms with Crippen molar-refractivity contribution in [3.63, 3.8) is 0 Å². The van der Waals surface area contributed by atoms with Gasteiger partial charge in [-0.1, -0.05) is 79.4 Å². The molecule has 2 aliphatic rings. The summed E-state index contributed by atoms with van der Waals surface area (Å²) >= 11 is 0. The van der Waals surface area contributed by atoms with Crippen molar-refractivity contribution in [2.24, 2.45) is 11.8 Å². The number of unbranched alkanes of at least 4 members (excludes halogenated alkanes) is 3. The molecule has 34 heavy (non-hydrogen) atoms. The molecule has 1 saturated heterocycles. The van der Waals surface area contributed by atoms with E-state index >= 15 is 0 Å². The Bertz CT molecular complexity index is 729. The van der Waals surface area contributed by atoms with Crippen molar-refractivity contribution in [3.05, 3.63) is 12.2 Å². The highest BCUT2D eigenvalue weighted by atomic mass is 28.4. The second-order valence-electron chi connectivity index (χ2n) is 13.6. The lowest BCUT2D eigenvalue weighted by molar-refractivity contribution is 0.0438. The van der Waals surface area contributed by atoms with Gasteiger partial charge in [-0.25, -0.2) is 0 Å². The van der Waals surface area contributed by atoms with Crippen LogP contribution in [0.4, 0.5) is 0 Å². The van der Waals surface area contributed by atoms with Crippen LogP contribution in [0.1, 0.15) is 87.0 Å². The molecule has 0 unspecified atom stereocenters. The first-order valence-corrected chi connectivity index (χ1v) is 19.5. The maximum absolute atomic E-state index is 7.17. The molecule has 2 fully saturated rings. The number of hydrogen-bond acceptors (Lipinski definition) is 3. The number of epoxide rings is 1. The highest BCUT2D eigenvalue weighted by molar-refractivity contribution is 6.74. The zero-order valence-corrected chi connectivity index (χ0v) is 26.2. The number of ether oxygens (including phenoxy) is 1. The molecule has 1 aliphatic carbocycles. The van der Waals surface area contributed by atoms with Crippen molar-refractivity contribution in [2.45, 2.75) is 142 Å². The summed E-state index contributed by atoms with van der Waals surface area (Å²) in [5, 5.41) is 0.323. The Kier molecular flexibility index (Phi) is 10.3. The molecule has 196 valence electrons. The first-order valence-electron chi connectivity index (χ1n) is 13.7. The van der Waals surface area contributed by atoms with Crippen LogP contribution < -0.4 is 0 Å². The maximum atomic E-state index is 7.17. The average molecular weight is 507 g/mol. The zero-order chi connectivity index (χ0) is 25.8. The molecule has 5 heteroatoms. The molecule has 0 aromatic carbocycles. The summed E-state index contributed by atoms with van der Waals surface area (Å²) in [7, 11) is -3.94. The Morgan fingerprint density at radius 3 is 2.06 bits per heavy atom. The number of allylic oxidation sites excluding steroid dienone is 1. The van der Waals surface area contributed by atoms with Gasteiger partial charge in [0.15, 0.2) is 16.6 Å². The third kappa shape index (κ3) is 8.62. The smallest absolute Gasteiger partial charge is 0.193 e. The Labute approximate surface area is 214 Å². The Hall–Kier alpha value is -0.386. The molecule has 0 N–H and O–H groups in total. The Balaban J connectivity index is 2.25. The topological polar surface area (TPSA) is 31.0 Å². The summed E-state index contributed by atoms with van der Waals surface area (Å²) in [6.45, 7) is 26.6. The minimum Gasteiger partial charge on any atom is -0.411 e. The molecule has 0 amide bonds. The Morgan fingerprint density at radius 2 is 1.53 bits per heavy atom. The molecule has 0 aromatic rings. The van der Waals surface area contributed by atoms with E-state index in [2.05, 4.69) is 98.6 Å². The van der Waals surface area contributed by atoms with Crippen LogP contribution in [0.15, 0.2) is 12.2 Å². The van der Waals surface area contributed by atoms with Crippen molar-refractivity contribution >= 4 is 16.6 Å². The number of rotatable bonds is 12. The molecule has 0 aromatic heterocycles.